The van der Waals surface area contributed by atoms with E-state index in [1.807, 2.05) is 24.3 Å². The lowest BCUT2D eigenvalue weighted by atomic mass is 10.1. The van der Waals surface area contributed by atoms with Crippen LogP contribution in [0.25, 0.3) is 22.1 Å². The third-order valence-electron chi connectivity index (χ3n) is 4.72. The molecule has 4 aromatic rings. The standard InChI is InChI=1S/C22H22N4O2S/c1-3-28-21(27)15(2)29-22-23-20-19(24-25-22)17-11-7-8-12-18(17)26(20)14-13-16-9-5-4-6-10-16/h4-12,15H,3,13-14H2,1-2H3/t15-/m1/s1. The maximum absolute atomic E-state index is 12.0. The first-order chi connectivity index (χ1) is 14.2. The SMILES string of the molecule is CCOC(=O)[C@@H](C)Sc1nnc2c3ccccc3n(CCc3ccccc3)c2n1. The zero-order valence-electron chi connectivity index (χ0n) is 16.4. The summed E-state index contributed by atoms with van der Waals surface area (Å²) in [5.74, 6) is -0.272. The summed E-state index contributed by atoms with van der Waals surface area (Å²) in [6.07, 6.45) is 0.889. The van der Waals surface area contributed by atoms with Crippen molar-refractivity contribution in [1.29, 1.82) is 0 Å². The molecule has 0 spiro atoms. The Morgan fingerprint density at radius 1 is 1.10 bits per heavy atom. The van der Waals surface area contributed by atoms with Gasteiger partial charge in [-0.15, -0.1) is 10.2 Å². The quantitative estimate of drug-likeness (QED) is 0.337. The van der Waals surface area contributed by atoms with E-state index >= 15 is 0 Å². The summed E-state index contributed by atoms with van der Waals surface area (Å²) >= 11 is 1.27. The van der Waals surface area contributed by atoms with Gasteiger partial charge < -0.3 is 9.30 Å². The molecule has 0 amide bonds. The maximum Gasteiger partial charge on any atom is 0.319 e. The number of para-hydroxylation sites is 1. The van der Waals surface area contributed by atoms with Gasteiger partial charge >= 0.3 is 5.97 Å². The summed E-state index contributed by atoms with van der Waals surface area (Å²) in [5, 5.41) is 9.80. The Hall–Kier alpha value is -2.93. The lowest BCUT2D eigenvalue weighted by Crippen LogP contribution is -2.17. The Labute approximate surface area is 173 Å². The number of fused-ring (bicyclic) bond motifs is 3. The molecule has 0 aliphatic rings. The van der Waals surface area contributed by atoms with Crippen LogP contribution in [0, 0.1) is 0 Å². The van der Waals surface area contributed by atoms with Crippen LogP contribution in [-0.2, 0) is 22.5 Å². The molecule has 6 nitrogen and oxygen atoms in total. The van der Waals surface area contributed by atoms with Crippen molar-refractivity contribution < 1.29 is 9.53 Å². The number of carbonyl (C=O) groups excluding carboxylic acids is 1. The Morgan fingerprint density at radius 2 is 1.86 bits per heavy atom. The van der Waals surface area contributed by atoms with Gasteiger partial charge in [-0.25, -0.2) is 4.98 Å². The lowest BCUT2D eigenvalue weighted by molar-refractivity contribution is -0.142. The van der Waals surface area contributed by atoms with Crippen molar-refractivity contribution in [2.45, 2.75) is 37.2 Å². The van der Waals surface area contributed by atoms with Crippen LogP contribution in [0.3, 0.4) is 0 Å². The summed E-state index contributed by atoms with van der Waals surface area (Å²) in [6.45, 7) is 4.73. The zero-order chi connectivity index (χ0) is 20.2. The van der Waals surface area contributed by atoms with Gasteiger partial charge in [0.15, 0.2) is 5.65 Å². The van der Waals surface area contributed by atoms with E-state index in [-0.39, 0.29) is 5.97 Å². The second-order valence-electron chi connectivity index (χ2n) is 6.68. The number of aryl methyl sites for hydroxylation is 2. The van der Waals surface area contributed by atoms with E-state index in [0.717, 1.165) is 35.0 Å². The van der Waals surface area contributed by atoms with E-state index in [0.29, 0.717) is 11.8 Å². The van der Waals surface area contributed by atoms with E-state index in [1.54, 1.807) is 13.8 Å². The molecule has 2 aromatic carbocycles. The molecular formula is C22H22N4O2S. The molecule has 0 saturated heterocycles. The van der Waals surface area contributed by atoms with Gasteiger partial charge in [-0.05, 0) is 31.9 Å². The van der Waals surface area contributed by atoms with Gasteiger partial charge in [0.2, 0.25) is 5.16 Å². The Balaban J connectivity index is 1.70. The molecule has 0 bridgehead atoms. The third-order valence-corrected chi connectivity index (χ3v) is 5.65. The number of hydrogen-bond donors (Lipinski definition) is 0. The first kappa shape index (κ1) is 19.4. The van der Waals surface area contributed by atoms with Gasteiger partial charge in [0.1, 0.15) is 10.8 Å². The summed E-state index contributed by atoms with van der Waals surface area (Å²) in [7, 11) is 0. The predicted molar refractivity (Wildman–Crippen MR) is 115 cm³/mol. The molecule has 29 heavy (non-hydrogen) atoms. The van der Waals surface area contributed by atoms with Crippen LogP contribution < -0.4 is 0 Å². The molecule has 0 unspecified atom stereocenters. The number of aromatic nitrogens is 4. The minimum Gasteiger partial charge on any atom is -0.465 e. The van der Waals surface area contributed by atoms with Crippen LogP contribution in [-0.4, -0.2) is 37.6 Å². The van der Waals surface area contributed by atoms with Crippen molar-refractivity contribution in [3.8, 4) is 0 Å². The maximum atomic E-state index is 12.0. The van der Waals surface area contributed by atoms with Crippen molar-refractivity contribution in [3.05, 3.63) is 60.2 Å². The topological polar surface area (TPSA) is 69.9 Å². The summed E-state index contributed by atoms with van der Waals surface area (Å²) in [5.41, 5.74) is 3.92. The zero-order valence-corrected chi connectivity index (χ0v) is 17.2. The highest BCUT2D eigenvalue weighted by molar-refractivity contribution is 8.00. The van der Waals surface area contributed by atoms with Crippen molar-refractivity contribution in [1.82, 2.24) is 19.7 Å². The molecule has 0 fully saturated rings. The Kier molecular flexibility index (Phi) is 5.76. The second kappa shape index (κ2) is 8.61. The molecule has 0 N–H and O–H groups in total. The first-order valence-corrected chi connectivity index (χ1v) is 10.5. The number of thioether (sulfide) groups is 1. The highest BCUT2D eigenvalue weighted by Gasteiger charge is 2.20. The molecule has 2 heterocycles. The molecule has 0 aliphatic carbocycles. The Bertz CT molecular complexity index is 1140. The fourth-order valence-electron chi connectivity index (χ4n) is 3.32. The van der Waals surface area contributed by atoms with Crippen molar-refractivity contribution >= 4 is 39.8 Å². The molecule has 148 valence electrons. The van der Waals surface area contributed by atoms with Gasteiger partial charge in [0.25, 0.3) is 0 Å². The van der Waals surface area contributed by atoms with Gasteiger partial charge in [0, 0.05) is 11.9 Å². The molecule has 4 rings (SSSR count). The van der Waals surface area contributed by atoms with Gasteiger partial charge in [-0.1, -0.05) is 60.3 Å². The Morgan fingerprint density at radius 3 is 2.66 bits per heavy atom. The minimum atomic E-state index is -0.392. The first-order valence-electron chi connectivity index (χ1n) is 9.66. The number of nitrogens with zero attached hydrogens (tertiary/aromatic N) is 4. The number of carbonyl (C=O) groups is 1. The van der Waals surface area contributed by atoms with Gasteiger partial charge in [-0.2, -0.15) is 0 Å². The third kappa shape index (κ3) is 4.10. The van der Waals surface area contributed by atoms with E-state index in [1.165, 1.54) is 17.3 Å². The summed E-state index contributed by atoms with van der Waals surface area (Å²) in [6, 6.07) is 18.5. The molecule has 2 aromatic heterocycles. The number of rotatable bonds is 7. The summed E-state index contributed by atoms with van der Waals surface area (Å²) < 4.78 is 7.27. The molecule has 0 saturated carbocycles. The average molecular weight is 407 g/mol. The van der Waals surface area contributed by atoms with Crippen molar-refractivity contribution in [2.24, 2.45) is 0 Å². The van der Waals surface area contributed by atoms with Crippen LogP contribution in [0.2, 0.25) is 0 Å². The molecule has 0 radical (unpaired) electrons. The largest absolute Gasteiger partial charge is 0.465 e. The number of esters is 1. The normalized spacial score (nSPS) is 12.3. The second-order valence-corrected chi connectivity index (χ2v) is 7.99. The molecule has 7 heteroatoms. The number of hydrogen-bond acceptors (Lipinski definition) is 6. The molecule has 0 aliphatic heterocycles. The minimum absolute atomic E-state index is 0.272. The number of benzene rings is 2. The van der Waals surface area contributed by atoms with Crippen LogP contribution >= 0.6 is 11.8 Å². The number of ether oxygens (including phenoxy) is 1. The molecular weight excluding hydrogens is 384 g/mol. The fraction of sp³-hybridized carbons (Fsp3) is 0.273. The van der Waals surface area contributed by atoms with Crippen LogP contribution in [0.1, 0.15) is 19.4 Å². The fourth-order valence-corrected chi connectivity index (χ4v) is 4.02. The van der Waals surface area contributed by atoms with Gasteiger partial charge in [-0.3, -0.25) is 4.79 Å². The van der Waals surface area contributed by atoms with E-state index in [9.17, 15) is 4.79 Å². The van der Waals surface area contributed by atoms with E-state index < -0.39 is 5.25 Å². The van der Waals surface area contributed by atoms with Crippen LogP contribution in [0.5, 0.6) is 0 Å². The summed E-state index contributed by atoms with van der Waals surface area (Å²) in [4.78, 5) is 16.7. The van der Waals surface area contributed by atoms with Crippen LogP contribution in [0.4, 0.5) is 0 Å². The highest BCUT2D eigenvalue weighted by atomic mass is 32.2. The van der Waals surface area contributed by atoms with Crippen molar-refractivity contribution in [3.63, 3.8) is 0 Å². The smallest absolute Gasteiger partial charge is 0.319 e. The van der Waals surface area contributed by atoms with Crippen LogP contribution in [0.15, 0.2) is 59.8 Å². The van der Waals surface area contributed by atoms with E-state index in [2.05, 4.69) is 45.1 Å². The lowest BCUT2D eigenvalue weighted by Gasteiger charge is -2.09. The molecule has 1 atom stereocenters. The predicted octanol–water partition coefficient (Wildman–Crippen LogP) is 4.27. The van der Waals surface area contributed by atoms with Crippen molar-refractivity contribution in [2.75, 3.05) is 6.61 Å². The van der Waals surface area contributed by atoms with E-state index in [4.69, 9.17) is 9.72 Å². The monoisotopic (exact) mass is 406 g/mol. The average Bonchev–Trinajstić information content (AvgIpc) is 3.06. The van der Waals surface area contributed by atoms with Gasteiger partial charge in [0.05, 0.1) is 12.1 Å². The highest BCUT2D eigenvalue weighted by Crippen LogP contribution is 2.28.